The third-order valence-electron chi connectivity index (χ3n) is 6.01. The zero-order valence-corrected chi connectivity index (χ0v) is 19.4. The number of carbonyl (C=O) groups is 1. The van der Waals surface area contributed by atoms with Crippen LogP contribution in [0.5, 0.6) is 0 Å². The number of hydrogen-bond acceptors (Lipinski definition) is 4. The predicted molar refractivity (Wildman–Crippen MR) is 119 cm³/mol. The van der Waals surface area contributed by atoms with Gasteiger partial charge in [-0.05, 0) is 56.8 Å². The van der Waals surface area contributed by atoms with Crippen LogP contribution in [-0.4, -0.2) is 34.5 Å². The molecule has 4 nitrogen and oxygen atoms in total. The molecule has 0 spiro atoms. The molecule has 1 aliphatic rings. The molecular weight excluding hydrogens is 364 g/mol. The number of hydrogen-bond donors (Lipinski definition) is 2. The van der Waals surface area contributed by atoms with E-state index in [1.54, 1.807) is 0 Å². The van der Waals surface area contributed by atoms with Crippen LogP contribution in [0.1, 0.15) is 86.5 Å². The van der Waals surface area contributed by atoms with Gasteiger partial charge in [-0.15, -0.1) is 0 Å². The summed E-state index contributed by atoms with van der Waals surface area (Å²) < 4.78 is 5.80. The second-order valence-corrected chi connectivity index (χ2v) is 9.66. The van der Waals surface area contributed by atoms with Crippen molar-refractivity contribution in [3.05, 3.63) is 23.8 Å². The molecular formula is C25H44O4. The molecule has 1 heterocycles. The van der Waals surface area contributed by atoms with Gasteiger partial charge in [0, 0.05) is 18.8 Å². The zero-order valence-electron chi connectivity index (χ0n) is 19.4. The first-order chi connectivity index (χ1) is 13.6. The van der Waals surface area contributed by atoms with E-state index in [-0.39, 0.29) is 42.0 Å². The van der Waals surface area contributed by atoms with Crippen molar-refractivity contribution >= 4 is 5.97 Å². The Balaban J connectivity index is 2.73. The molecule has 0 amide bonds. The molecule has 0 aromatic carbocycles. The van der Waals surface area contributed by atoms with E-state index in [1.807, 2.05) is 0 Å². The maximum absolute atomic E-state index is 12.3. The van der Waals surface area contributed by atoms with Gasteiger partial charge >= 0.3 is 5.97 Å². The van der Waals surface area contributed by atoms with E-state index in [0.717, 1.165) is 19.3 Å². The third-order valence-corrected chi connectivity index (χ3v) is 6.01. The van der Waals surface area contributed by atoms with Crippen molar-refractivity contribution in [1.82, 2.24) is 0 Å². The molecule has 29 heavy (non-hydrogen) atoms. The SMILES string of the molecule is CC(=CC(C)C(O)CC(C)C)CC(C)C1CC=CCC(C)C(O)CCCC(=O)O1. The number of rotatable bonds is 7. The van der Waals surface area contributed by atoms with Gasteiger partial charge in [-0.2, -0.15) is 0 Å². The smallest absolute Gasteiger partial charge is 0.306 e. The quantitative estimate of drug-likeness (QED) is 0.435. The van der Waals surface area contributed by atoms with Crippen molar-refractivity contribution in [2.45, 2.75) is 105 Å². The molecule has 0 radical (unpaired) electrons. The highest BCUT2D eigenvalue weighted by molar-refractivity contribution is 5.69. The maximum Gasteiger partial charge on any atom is 0.306 e. The molecule has 6 unspecified atom stereocenters. The highest BCUT2D eigenvalue weighted by atomic mass is 16.5. The van der Waals surface area contributed by atoms with Crippen LogP contribution in [0, 0.1) is 23.7 Å². The normalized spacial score (nSPS) is 28.2. The van der Waals surface area contributed by atoms with Gasteiger partial charge in [0.05, 0.1) is 12.2 Å². The van der Waals surface area contributed by atoms with Gasteiger partial charge < -0.3 is 14.9 Å². The summed E-state index contributed by atoms with van der Waals surface area (Å²) in [6.07, 6.45) is 10.4. The van der Waals surface area contributed by atoms with Crippen molar-refractivity contribution in [2.75, 3.05) is 0 Å². The summed E-state index contributed by atoms with van der Waals surface area (Å²) in [6, 6.07) is 0. The van der Waals surface area contributed by atoms with Crippen LogP contribution >= 0.6 is 0 Å². The van der Waals surface area contributed by atoms with Crippen LogP contribution in [0.25, 0.3) is 0 Å². The largest absolute Gasteiger partial charge is 0.462 e. The number of carbonyl (C=O) groups excluding carboxylic acids is 1. The van der Waals surface area contributed by atoms with Gasteiger partial charge in [0.1, 0.15) is 6.10 Å². The first kappa shape index (κ1) is 25.9. The van der Waals surface area contributed by atoms with Crippen LogP contribution in [-0.2, 0) is 9.53 Å². The minimum absolute atomic E-state index is 0.122. The second kappa shape index (κ2) is 13.2. The van der Waals surface area contributed by atoms with Crippen LogP contribution in [0.2, 0.25) is 0 Å². The number of cyclic esters (lactones) is 1. The minimum Gasteiger partial charge on any atom is -0.462 e. The monoisotopic (exact) mass is 408 g/mol. The van der Waals surface area contributed by atoms with E-state index < -0.39 is 0 Å². The molecule has 168 valence electrons. The third kappa shape index (κ3) is 10.5. The first-order valence-electron chi connectivity index (χ1n) is 11.5. The fraction of sp³-hybridized carbons (Fsp3) is 0.800. The number of ether oxygens (including phenoxy) is 1. The Hall–Kier alpha value is -1.13. The predicted octanol–water partition coefficient (Wildman–Crippen LogP) is 5.43. The van der Waals surface area contributed by atoms with Crippen LogP contribution < -0.4 is 0 Å². The molecule has 1 rings (SSSR count). The molecule has 4 heteroatoms. The van der Waals surface area contributed by atoms with E-state index in [1.165, 1.54) is 5.57 Å². The van der Waals surface area contributed by atoms with Gasteiger partial charge in [-0.1, -0.05) is 58.4 Å². The summed E-state index contributed by atoms with van der Waals surface area (Å²) in [7, 11) is 0. The zero-order chi connectivity index (χ0) is 22.0. The van der Waals surface area contributed by atoms with E-state index in [2.05, 4.69) is 59.8 Å². The minimum atomic E-state index is -0.359. The molecule has 0 aliphatic carbocycles. The van der Waals surface area contributed by atoms with Crippen molar-refractivity contribution in [3.63, 3.8) is 0 Å². The average Bonchev–Trinajstić information content (AvgIpc) is 2.61. The van der Waals surface area contributed by atoms with Gasteiger partial charge in [0.25, 0.3) is 0 Å². The Kier molecular flexibility index (Phi) is 11.8. The molecule has 0 aromatic rings. The lowest BCUT2D eigenvalue weighted by Gasteiger charge is -2.25. The Morgan fingerprint density at radius 2 is 1.90 bits per heavy atom. The Morgan fingerprint density at radius 1 is 1.24 bits per heavy atom. The highest BCUT2D eigenvalue weighted by Gasteiger charge is 2.23. The van der Waals surface area contributed by atoms with Crippen LogP contribution in [0.4, 0.5) is 0 Å². The standard InChI is InChI=1S/C25H44O4/c1-17(2)14-23(27)20(5)15-18(3)16-21(6)24-12-8-7-10-19(4)22(26)11-9-13-25(28)29-24/h7-8,15,17,19-24,26-27H,9-14,16H2,1-6H3. The maximum atomic E-state index is 12.3. The number of aliphatic hydroxyl groups excluding tert-OH is 2. The fourth-order valence-electron chi connectivity index (χ4n) is 4.03. The van der Waals surface area contributed by atoms with Crippen LogP contribution in [0.15, 0.2) is 23.8 Å². The lowest BCUT2D eigenvalue weighted by Crippen LogP contribution is -2.26. The summed E-state index contributed by atoms with van der Waals surface area (Å²) in [5, 5.41) is 20.5. The van der Waals surface area contributed by atoms with Crippen molar-refractivity contribution in [1.29, 1.82) is 0 Å². The summed E-state index contributed by atoms with van der Waals surface area (Å²) >= 11 is 0. The number of esters is 1. The molecule has 0 aromatic heterocycles. The molecule has 0 bridgehead atoms. The molecule has 0 saturated carbocycles. The lowest BCUT2D eigenvalue weighted by atomic mass is 9.89. The van der Waals surface area contributed by atoms with E-state index >= 15 is 0 Å². The van der Waals surface area contributed by atoms with E-state index in [0.29, 0.717) is 31.6 Å². The van der Waals surface area contributed by atoms with Gasteiger partial charge in [-0.3, -0.25) is 4.79 Å². The van der Waals surface area contributed by atoms with Crippen molar-refractivity contribution in [2.24, 2.45) is 23.7 Å². The summed E-state index contributed by atoms with van der Waals surface area (Å²) in [5.74, 6) is 0.849. The topological polar surface area (TPSA) is 66.8 Å². The summed E-state index contributed by atoms with van der Waals surface area (Å²) in [4.78, 5) is 12.3. The van der Waals surface area contributed by atoms with Crippen LogP contribution in [0.3, 0.4) is 0 Å². The van der Waals surface area contributed by atoms with Gasteiger partial charge in [0.2, 0.25) is 0 Å². The van der Waals surface area contributed by atoms with Crippen molar-refractivity contribution in [3.8, 4) is 0 Å². The van der Waals surface area contributed by atoms with Crippen molar-refractivity contribution < 1.29 is 19.7 Å². The number of aliphatic hydroxyl groups is 2. The molecule has 1 aliphatic heterocycles. The van der Waals surface area contributed by atoms with E-state index in [4.69, 9.17) is 4.74 Å². The summed E-state index contributed by atoms with van der Waals surface area (Å²) in [5.41, 5.74) is 1.23. The van der Waals surface area contributed by atoms with Gasteiger partial charge in [-0.25, -0.2) is 0 Å². The van der Waals surface area contributed by atoms with Gasteiger partial charge in [0.15, 0.2) is 0 Å². The first-order valence-corrected chi connectivity index (χ1v) is 11.5. The lowest BCUT2D eigenvalue weighted by molar-refractivity contribution is -0.151. The highest BCUT2D eigenvalue weighted by Crippen LogP contribution is 2.25. The summed E-state index contributed by atoms with van der Waals surface area (Å²) in [6.45, 7) is 12.6. The average molecular weight is 409 g/mol. The second-order valence-electron chi connectivity index (χ2n) is 9.66. The molecule has 0 saturated heterocycles. The Morgan fingerprint density at radius 3 is 2.55 bits per heavy atom. The van der Waals surface area contributed by atoms with E-state index in [9.17, 15) is 15.0 Å². The molecule has 0 fully saturated rings. The molecule has 2 N–H and O–H groups in total. The number of allylic oxidation sites excluding steroid dienone is 2. The molecule has 6 atom stereocenters. The Bertz CT molecular complexity index is 537. The fourth-order valence-corrected chi connectivity index (χ4v) is 4.03. The Labute approximate surface area is 178 Å².